The van der Waals surface area contributed by atoms with Crippen LogP contribution in [0.4, 0.5) is 13.2 Å². The van der Waals surface area contributed by atoms with E-state index in [9.17, 15) is 27.6 Å². The Hall–Kier alpha value is -4.08. The molecule has 0 aliphatic heterocycles. The fraction of sp³-hybridized carbons (Fsp3) is 0.269. The normalized spacial score (nSPS) is 12.8. The van der Waals surface area contributed by atoms with E-state index in [0.29, 0.717) is 27.9 Å². The molecule has 0 saturated heterocycles. The standard InChI is InChI=1S/C26H24F3N3O4/c1-14(2)21(24(34)26(27,28)29)30-20(33)13-32-18(15-8-5-4-6-9-15)12-17-16-10-7-11-19(36-3)22(16)31-23(17)25(32)35/h4-12,14,21,31H,13H2,1-3H3,(H,30,33). The molecule has 4 aromatic rings. The van der Waals surface area contributed by atoms with Crippen molar-refractivity contribution in [3.05, 3.63) is 65.0 Å². The maximum absolute atomic E-state index is 13.6. The Morgan fingerprint density at radius 1 is 1.03 bits per heavy atom. The smallest absolute Gasteiger partial charge is 0.452 e. The lowest BCUT2D eigenvalue weighted by Gasteiger charge is -2.23. The third-order valence-corrected chi connectivity index (χ3v) is 6.00. The number of rotatable bonds is 7. The van der Waals surface area contributed by atoms with Gasteiger partial charge in [0.05, 0.1) is 24.4 Å². The Morgan fingerprint density at radius 2 is 1.72 bits per heavy atom. The van der Waals surface area contributed by atoms with Crippen LogP contribution in [0.3, 0.4) is 0 Å². The number of benzene rings is 2. The Morgan fingerprint density at radius 3 is 2.33 bits per heavy atom. The number of amides is 1. The molecule has 2 aromatic heterocycles. The van der Waals surface area contributed by atoms with Gasteiger partial charge in [-0.05, 0) is 23.6 Å². The van der Waals surface area contributed by atoms with Gasteiger partial charge < -0.3 is 15.0 Å². The molecule has 36 heavy (non-hydrogen) atoms. The minimum Gasteiger partial charge on any atom is -0.495 e. The molecule has 10 heteroatoms. The molecule has 7 nitrogen and oxygen atoms in total. The molecular weight excluding hydrogens is 475 g/mol. The molecule has 0 aliphatic rings. The summed E-state index contributed by atoms with van der Waals surface area (Å²) in [4.78, 5) is 41.4. The lowest BCUT2D eigenvalue weighted by Crippen LogP contribution is -2.50. The second-order valence-electron chi connectivity index (χ2n) is 8.73. The second kappa shape index (κ2) is 9.52. The minimum absolute atomic E-state index is 0.216. The molecule has 1 atom stereocenters. The number of hydrogen-bond donors (Lipinski definition) is 2. The van der Waals surface area contributed by atoms with E-state index in [4.69, 9.17) is 4.74 Å². The number of methoxy groups -OCH3 is 1. The van der Waals surface area contributed by atoms with E-state index in [2.05, 4.69) is 10.3 Å². The number of aromatic nitrogens is 2. The highest BCUT2D eigenvalue weighted by molar-refractivity contribution is 6.10. The largest absolute Gasteiger partial charge is 0.495 e. The molecule has 2 N–H and O–H groups in total. The average Bonchev–Trinajstić information content (AvgIpc) is 3.22. The maximum atomic E-state index is 13.6. The lowest BCUT2D eigenvalue weighted by molar-refractivity contribution is -0.174. The number of Topliss-reactive ketones (excluding diaryl/α,β-unsaturated/α-hetero) is 1. The van der Waals surface area contributed by atoms with Crippen LogP contribution in [0.25, 0.3) is 33.1 Å². The molecule has 1 unspecified atom stereocenters. The summed E-state index contributed by atoms with van der Waals surface area (Å²) in [5.74, 6) is -3.21. The van der Waals surface area contributed by atoms with Gasteiger partial charge >= 0.3 is 6.18 Å². The maximum Gasteiger partial charge on any atom is 0.452 e. The van der Waals surface area contributed by atoms with Crippen molar-refractivity contribution >= 4 is 33.5 Å². The van der Waals surface area contributed by atoms with Crippen molar-refractivity contribution in [2.45, 2.75) is 32.6 Å². The van der Waals surface area contributed by atoms with E-state index in [0.717, 1.165) is 5.39 Å². The highest BCUT2D eigenvalue weighted by Gasteiger charge is 2.45. The van der Waals surface area contributed by atoms with Crippen LogP contribution >= 0.6 is 0 Å². The molecule has 1 amide bonds. The number of para-hydroxylation sites is 1. The summed E-state index contributed by atoms with van der Waals surface area (Å²) in [5.41, 5.74) is 1.31. The van der Waals surface area contributed by atoms with E-state index in [1.165, 1.54) is 25.5 Å². The molecule has 0 radical (unpaired) electrons. The van der Waals surface area contributed by atoms with Crippen LogP contribution in [-0.2, 0) is 16.1 Å². The lowest BCUT2D eigenvalue weighted by atomic mass is 9.99. The fourth-order valence-corrected chi connectivity index (χ4v) is 4.24. The second-order valence-corrected chi connectivity index (χ2v) is 8.73. The number of ketones is 1. The van der Waals surface area contributed by atoms with Crippen molar-refractivity contribution in [3.63, 3.8) is 0 Å². The summed E-state index contributed by atoms with van der Waals surface area (Å²) in [5, 5.41) is 3.52. The third kappa shape index (κ3) is 4.58. The number of nitrogens with one attached hydrogen (secondary N) is 2. The molecule has 0 spiro atoms. The van der Waals surface area contributed by atoms with E-state index < -0.39 is 41.9 Å². The number of hydrogen-bond acceptors (Lipinski definition) is 4. The first-order valence-corrected chi connectivity index (χ1v) is 11.2. The zero-order valence-electron chi connectivity index (χ0n) is 19.8. The SMILES string of the molecule is COc1cccc2c1[nH]c1c(=O)n(CC(=O)NC(C(=O)C(F)(F)F)C(C)C)c(-c3ccccc3)cc12. The van der Waals surface area contributed by atoms with Gasteiger partial charge in [0.1, 0.15) is 17.8 Å². The molecule has 0 bridgehead atoms. The van der Waals surface area contributed by atoms with Crippen LogP contribution < -0.4 is 15.6 Å². The van der Waals surface area contributed by atoms with Crippen LogP contribution in [0.2, 0.25) is 0 Å². The van der Waals surface area contributed by atoms with Crippen LogP contribution in [-0.4, -0.2) is 40.6 Å². The van der Waals surface area contributed by atoms with Crippen LogP contribution in [0.5, 0.6) is 5.75 Å². The van der Waals surface area contributed by atoms with E-state index >= 15 is 0 Å². The highest BCUT2D eigenvalue weighted by Crippen LogP contribution is 2.32. The van der Waals surface area contributed by atoms with Gasteiger partial charge in [0.25, 0.3) is 11.3 Å². The number of carbonyl (C=O) groups excluding carboxylic acids is 2. The van der Waals surface area contributed by atoms with Crippen molar-refractivity contribution in [2.75, 3.05) is 7.11 Å². The number of halogens is 3. The summed E-state index contributed by atoms with van der Waals surface area (Å²) in [6, 6.07) is 14.2. The van der Waals surface area contributed by atoms with Crippen LogP contribution in [0, 0.1) is 5.92 Å². The number of fused-ring (bicyclic) bond motifs is 3. The zero-order valence-corrected chi connectivity index (χ0v) is 19.8. The summed E-state index contributed by atoms with van der Waals surface area (Å²) in [6.07, 6.45) is -5.10. The Bertz CT molecular complexity index is 1500. The Balaban J connectivity index is 1.84. The van der Waals surface area contributed by atoms with Crippen LogP contribution in [0.1, 0.15) is 13.8 Å². The van der Waals surface area contributed by atoms with Crippen LogP contribution in [0.15, 0.2) is 59.4 Å². The van der Waals surface area contributed by atoms with Gasteiger partial charge in [0.2, 0.25) is 5.91 Å². The predicted octanol–water partition coefficient (Wildman–Crippen LogP) is 4.43. The van der Waals surface area contributed by atoms with Gasteiger partial charge in [0.15, 0.2) is 0 Å². The average molecular weight is 499 g/mol. The van der Waals surface area contributed by atoms with E-state index in [-0.39, 0.29) is 5.52 Å². The van der Waals surface area contributed by atoms with Gasteiger partial charge in [-0.15, -0.1) is 0 Å². The van der Waals surface area contributed by atoms with Crippen molar-refractivity contribution in [3.8, 4) is 17.0 Å². The van der Waals surface area contributed by atoms with Crippen molar-refractivity contribution < 1.29 is 27.5 Å². The molecular formula is C26H24F3N3O4. The van der Waals surface area contributed by atoms with E-state index in [1.54, 1.807) is 48.5 Å². The quantitative estimate of drug-likeness (QED) is 0.394. The summed E-state index contributed by atoms with van der Waals surface area (Å²) < 4.78 is 45.7. The summed E-state index contributed by atoms with van der Waals surface area (Å²) in [6.45, 7) is 2.22. The molecule has 0 saturated carbocycles. The molecule has 2 aromatic carbocycles. The number of aromatic amines is 1. The monoisotopic (exact) mass is 499 g/mol. The van der Waals surface area contributed by atoms with Gasteiger partial charge in [0, 0.05) is 10.8 Å². The number of nitrogens with zero attached hydrogens (tertiary/aromatic N) is 1. The molecule has 0 fully saturated rings. The Labute approximate surface area is 203 Å². The number of pyridine rings is 1. The molecule has 188 valence electrons. The van der Waals surface area contributed by atoms with Crippen molar-refractivity contribution in [1.82, 2.24) is 14.9 Å². The zero-order chi connectivity index (χ0) is 26.2. The summed E-state index contributed by atoms with van der Waals surface area (Å²) in [7, 11) is 1.51. The number of carbonyl (C=O) groups is 2. The van der Waals surface area contributed by atoms with Crippen molar-refractivity contribution in [2.24, 2.45) is 5.92 Å². The molecule has 4 rings (SSSR count). The first-order valence-electron chi connectivity index (χ1n) is 11.2. The topological polar surface area (TPSA) is 93.2 Å². The Kier molecular flexibility index (Phi) is 6.62. The molecule has 2 heterocycles. The molecule has 0 aliphatic carbocycles. The number of alkyl halides is 3. The first kappa shape index (κ1) is 25.0. The number of H-pyrrole nitrogens is 1. The highest BCUT2D eigenvalue weighted by atomic mass is 19.4. The van der Waals surface area contributed by atoms with Gasteiger partial charge in [-0.3, -0.25) is 19.0 Å². The fourth-order valence-electron chi connectivity index (χ4n) is 4.24. The van der Waals surface area contributed by atoms with Gasteiger partial charge in [-0.1, -0.05) is 56.3 Å². The van der Waals surface area contributed by atoms with Gasteiger partial charge in [-0.25, -0.2) is 0 Å². The first-order chi connectivity index (χ1) is 17.0. The predicted molar refractivity (Wildman–Crippen MR) is 130 cm³/mol. The van der Waals surface area contributed by atoms with Crippen molar-refractivity contribution in [1.29, 1.82) is 0 Å². The van der Waals surface area contributed by atoms with Gasteiger partial charge in [-0.2, -0.15) is 13.2 Å². The summed E-state index contributed by atoms with van der Waals surface area (Å²) >= 11 is 0. The minimum atomic E-state index is -5.10. The van der Waals surface area contributed by atoms with E-state index in [1.807, 2.05) is 6.07 Å². The third-order valence-electron chi connectivity index (χ3n) is 6.00. The number of ether oxygens (including phenoxy) is 1.